The van der Waals surface area contributed by atoms with E-state index in [0.29, 0.717) is 12.5 Å². The first-order chi connectivity index (χ1) is 14.7. The second-order valence-electron chi connectivity index (χ2n) is 7.42. The molecule has 0 bridgehead atoms. The second kappa shape index (κ2) is 8.33. The van der Waals surface area contributed by atoms with E-state index in [1.807, 2.05) is 6.92 Å². The third-order valence-corrected chi connectivity index (χ3v) is 5.86. The highest BCUT2D eigenvalue weighted by molar-refractivity contribution is 7.09. The Morgan fingerprint density at radius 3 is 2.87 bits per heavy atom. The summed E-state index contributed by atoms with van der Waals surface area (Å²) in [6.07, 6.45) is -3.09. The zero-order valence-corrected chi connectivity index (χ0v) is 17.9. The largest absolute Gasteiger partial charge is 0.477 e. The molecule has 8 nitrogen and oxygen atoms in total. The van der Waals surface area contributed by atoms with Gasteiger partial charge < -0.3 is 15.0 Å². The number of nitrogens with zero attached hydrogens (tertiary/aromatic N) is 6. The van der Waals surface area contributed by atoms with Crippen LogP contribution in [0.5, 0.6) is 5.75 Å². The highest BCUT2D eigenvalue weighted by Gasteiger charge is 2.38. The number of pyridine rings is 1. The Labute approximate surface area is 180 Å². The van der Waals surface area contributed by atoms with Crippen LogP contribution in [0.25, 0.3) is 5.65 Å². The summed E-state index contributed by atoms with van der Waals surface area (Å²) < 4.78 is 49.4. The first-order valence-electron chi connectivity index (χ1n) is 9.79. The van der Waals surface area contributed by atoms with Gasteiger partial charge in [-0.25, -0.2) is 9.50 Å². The lowest BCUT2D eigenvalue weighted by Gasteiger charge is -2.21. The molecule has 2 unspecified atom stereocenters. The molecule has 0 amide bonds. The van der Waals surface area contributed by atoms with E-state index in [4.69, 9.17) is 4.74 Å². The lowest BCUT2D eigenvalue weighted by Crippen LogP contribution is -2.31. The van der Waals surface area contributed by atoms with Gasteiger partial charge in [-0.05, 0) is 44.4 Å². The fraction of sp³-hybridized carbons (Fsp3) is 0.474. The monoisotopic (exact) mass is 453 g/mol. The maximum atomic E-state index is 12.9. The van der Waals surface area contributed by atoms with Crippen molar-refractivity contribution in [2.45, 2.75) is 45.0 Å². The van der Waals surface area contributed by atoms with Crippen LogP contribution in [0.3, 0.4) is 0 Å². The molecular weight excluding hydrogens is 431 g/mol. The average Bonchev–Trinajstić information content (AvgIpc) is 3.27. The Bertz CT molecular complexity index is 1080. The molecule has 3 aromatic heterocycles. The highest BCUT2D eigenvalue weighted by Crippen LogP contribution is 2.28. The minimum absolute atomic E-state index is 0.0189. The van der Waals surface area contributed by atoms with Crippen LogP contribution >= 0.6 is 11.5 Å². The van der Waals surface area contributed by atoms with Gasteiger partial charge in [-0.3, -0.25) is 0 Å². The number of alkyl halides is 3. The van der Waals surface area contributed by atoms with E-state index in [9.17, 15) is 13.2 Å². The summed E-state index contributed by atoms with van der Waals surface area (Å²) in [5.41, 5.74) is 1.16. The van der Waals surface area contributed by atoms with E-state index in [0.717, 1.165) is 42.8 Å². The number of aryl methyl sites for hydroxylation is 1. The summed E-state index contributed by atoms with van der Waals surface area (Å²) in [4.78, 5) is 11.0. The van der Waals surface area contributed by atoms with Gasteiger partial charge in [0, 0.05) is 30.8 Å². The quantitative estimate of drug-likeness (QED) is 0.588. The molecule has 31 heavy (non-hydrogen) atoms. The fourth-order valence-corrected chi connectivity index (χ4v) is 4.02. The first kappa shape index (κ1) is 21.3. The van der Waals surface area contributed by atoms with Crippen molar-refractivity contribution in [1.82, 2.24) is 24.0 Å². The molecule has 1 aliphatic rings. The second-order valence-corrected chi connectivity index (χ2v) is 8.15. The van der Waals surface area contributed by atoms with Gasteiger partial charge in [0.25, 0.3) is 0 Å². The molecule has 3 aromatic rings. The van der Waals surface area contributed by atoms with E-state index < -0.39 is 12.3 Å². The van der Waals surface area contributed by atoms with Gasteiger partial charge in [-0.15, -0.1) is 5.10 Å². The minimum atomic E-state index is -4.47. The Morgan fingerprint density at radius 2 is 2.16 bits per heavy atom. The molecule has 1 saturated heterocycles. The SMILES string of the molecule is C=C1CN(c2nc(C)ns2)CCCC1Nc1nc2c(OC(C)C(F)(F)F)cccn2n1. The molecule has 0 radical (unpaired) electrons. The maximum Gasteiger partial charge on any atom is 0.425 e. The van der Waals surface area contributed by atoms with Gasteiger partial charge in [0.05, 0.1) is 6.04 Å². The average molecular weight is 453 g/mol. The summed E-state index contributed by atoms with van der Waals surface area (Å²) in [5, 5.41) is 8.48. The van der Waals surface area contributed by atoms with Crippen LogP contribution in [0.1, 0.15) is 25.6 Å². The molecule has 0 aliphatic carbocycles. The van der Waals surface area contributed by atoms with Crippen LogP contribution in [0, 0.1) is 6.92 Å². The van der Waals surface area contributed by atoms with E-state index in [2.05, 4.69) is 36.2 Å². The third-order valence-electron chi connectivity index (χ3n) is 4.99. The fourth-order valence-electron chi connectivity index (χ4n) is 3.32. The summed E-state index contributed by atoms with van der Waals surface area (Å²) >= 11 is 1.36. The Balaban J connectivity index is 1.49. The number of aromatic nitrogens is 5. The number of fused-ring (bicyclic) bond motifs is 1. The summed E-state index contributed by atoms with van der Waals surface area (Å²) in [7, 11) is 0. The zero-order chi connectivity index (χ0) is 22.2. The Morgan fingerprint density at radius 1 is 1.35 bits per heavy atom. The minimum Gasteiger partial charge on any atom is -0.477 e. The first-order valence-corrected chi connectivity index (χ1v) is 10.6. The number of nitrogens with one attached hydrogen (secondary N) is 1. The molecule has 4 heterocycles. The molecular formula is C19H22F3N7OS. The van der Waals surface area contributed by atoms with Crippen LogP contribution in [-0.2, 0) is 0 Å². The molecule has 1 aliphatic heterocycles. The zero-order valence-electron chi connectivity index (χ0n) is 17.1. The van der Waals surface area contributed by atoms with E-state index in [1.54, 1.807) is 12.3 Å². The molecule has 1 N–H and O–H groups in total. The topological polar surface area (TPSA) is 80.5 Å². The number of hydrogen-bond donors (Lipinski definition) is 1. The Kier molecular flexibility index (Phi) is 5.73. The van der Waals surface area contributed by atoms with Crippen LogP contribution in [-0.4, -0.2) is 55.4 Å². The van der Waals surface area contributed by atoms with Crippen LogP contribution in [0.15, 0.2) is 30.5 Å². The summed E-state index contributed by atoms with van der Waals surface area (Å²) in [6.45, 7) is 8.48. The van der Waals surface area contributed by atoms with Crippen molar-refractivity contribution < 1.29 is 17.9 Å². The number of ether oxygens (including phenoxy) is 1. The van der Waals surface area contributed by atoms with Crippen molar-refractivity contribution in [2.24, 2.45) is 0 Å². The molecule has 2 atom stereocenters. The van der Waals surface area contributed by atoms with E-state index >= 15 is 0 Å². The summed E-state index contributed by atoms with van der Waals surface area (Å²) in [6, 6.07) is 2.94. The van der Waals surface area contributed by atoms with Crippen molar-refractivity contribution in [1.29, 1.82) is 0 Å². The number of halogens is 3. The predicted octanol–water partition coefficient (Wildman–Crippen LogP) is 3.86. The Hall–Kier alpha value is -2.89. The highest BCUT2D eigenvalue weighted by atomic mass is 32.1. The molecule has 166 valence electrons. The number of anilines is 2. The van der Waals surface area contributed by atoms with E-state index in [-0.39, 0.29) is 17.4 Å². The standard InChI is InChI=1S/C19H22F3N7OS/c1-11-10-28(18-23-13(3)27-31-18)8-4-6-14(11)24-17-25-16-15(7-5-9-29(16)26-17)30-12(2)19(20,21)22/h5,7,9,12,14H,1,4,6,8,10H2,2-3H3,(H,24,26). The van der Waals surface area contributed by atoms with Crippen LogP contribution in [0.4, 0.5) is 24.3 Å². The molecule has 4 rings (SSSR count). The van der Waals surface area contributed by atoms with Crippen molar-refractivity contribution in [3.63, 3.8) is 0 Å². The third kappa shape index (κ3) is 4.73. The van der Waals surface area contributed by atoms with Crippen LogP contribution < -0.4 is 15.0 Å². The molecule has 1 fully saturated rings. The van der Waals surface area contributed by atoms with Crippen molar-refractivity contribution >= 4 is 28.3 Å². The lowest BCUT2D eigenvalue weighted by atomic mass is 10.1. The van der Waals surface area contributed by atoms with Crippen molar-refractivity contribution in [3.8, 4) is 5.75 Å². The number of hydrogen-bond acceptors (Lipinski definition) is 8. The van der Waals surface area contributed by atoms with Gasteiger partial charge in [0.1, 0.15) is 5.82 Å². The van der Waals surface area contributed by atoms with Gasteiger partial charge in [-0.1, -0.05) is 6.58 Å². The van der Waals surface area contributed by atoms with E-state index in [1.165, 1.54) is 22.1 Å². The number of rotatable bonds is 5. The summed E-state index contributed by atoms with van der Waals surface area (Å²) in [5.74, 6) is 1.07. The van der Waals surface area contributed by atoms with Crippen molar-refractivity contribution in [2.75, 3.05) is 23.3 Å². The molecule has 0 saturated carbocycles. The normalized spacial score (nSPS) is 18.8. The van der Waals surface area contributed by atoms with Crippen molar-refractivity contribution in [3.05, 3.63) is 36.3 Å². The van der Waals surface area contributed by atoms with Gasteiger partial charge in [0.2, 0.25) is 11.1 Å². The van der Waals surface area contributed by atoms with Crippen LogP contribution in [0.2, 0.25) is 0 Å². The van der Waals surface area contributed by atoms with Gasteiger partial charge in [0.15, 0.2) is 17.5 Å². The lowest BCUT2D eigenvalue weighted by molar-refractivity contribution is -0.189. The molecule has 0 aromatic carbocycles. The molecule has 12 heteroatoms. The smallest absolute Gasteiger partial charge is 0.425 e. The maximum absolute atomic E-state index is 12.9. The van der Waals surface area contributed by atoms with Gasteiger partial charge >= 0.3 is 6.18 Å². The van der Waals surface area contributed by atoms with Gasteiger partial charge in [-0.2, -0.15) is 22.5 Å². The predicted molar refractivity (Wildman–Crippen MR) is 112 cm³/mol. The molecule has 0 spiro atoms.